The van der Waals surface area contributed by atoms with Crippen molar-refractivity contribution in [1.29, 1.82) is 0 Å². The Balaban J connectivity index is 1.73. The lowest BCUT2D eigenvalue weighted by atomic mass is 10.1. The zero-order chi connectivity index (χ0) is 21.7. The molecular formula is C23H26Cl2N2O3. The van der Waals surface area contributed by atoms with Crippen LogP contribution in [0, 0.1) is 13.8 Å². The maximum Gasteiger partial charge on any atom is 0.244 e. The number of nitrogens with zero attached hydrogens (tertiary/aromatic N) is 1. The Kier molecular flexibility index (Phi) is 7.75. The van der Waals surface area contributed by atoms with E-state index in [-0.39, 0.29) is 30.9 Å². The molecule has 1 heterocycles. The Morgan fingerprint density at radius 1 is 1.13 bits per heavy atom. The summed E-state index contributed by atoms with van der Waals surface area (Å²) < 4.78 is 5.69. The molecule has 0 spiro atoms. The number of benzene rings is 2. The fraction of sp³-hybridized carbons (Fsp3) is 0.391. The lowest BCUT2D eigenvalue weighted by Gasteiger charge is -2.25. The van der Waals surface area contributed by atoms with Crippen molar-refractivity contribution >= 4 is 40.7 Å². The Labute approximate surface area is 187 Å². The molecule has 5 nitrogen and oxygen atoms in total. The van der Waals surface area contributed by atoms with E-state index in [0.29, 0.717) is 28.8 Å². The summed E-state index contributed by atoms with van der Waals surface area (Å²) in [5.74, 6) is -0.461. The molecule has 1 aliphatic rings. The van der Waals surface area contributed by atoms with E-state index in [2.05, 4.69) is 5.32 Å². The van der Waals surface area contributed by atoms with E-state index in [0.717, 1.165) is 29.7 Å². The molecule has 0 aliphatic carbocycles. The number of hydrogen-bond acceptors (Lipinski definition) is 3. The summed E-state index contributed by atoms with van der Waals surface area (Å²) in [6.07, 6.45) is 1.79. The van der Waals surface area contributed by atoms with Gasteiger partial charge in [-0.05, 0) is 61.6 Å². The van der Waals surface area contributed by atoms with Crippen molar-refractivity contribution in [1.82, 2.24) is 4.90 Å². The van der Waals surface area contributed by atoms with Gasteiger partial charge in [0.05, 0.1) is 19.1 Å². The topological polar surface area (TPSA) is 58.6 Å². The third kappa shape index (κ3) is 5.75. The molecule has 2 amide bonds. The molecule has 0 bridgehead atoms. The molecule has 1 fully saturated rings. The number of ether oxygens (including phenoxy) is 1. The Hall–Kier alpha value is -2.08. The minimum absolute atomic E-state index is 0.0297. The SMILES string of the molecule is Cc1cccc(NC(=O)CN(CC2CCCO2)C(=O)Cc2c(Cl)cccc2Cl)c1C. The number of carbonyl (C=O) groups excluding carboxylic acids is 2. The van der Waals surface area contributed by atoms with E-state index in [1.165, 1.54) is 4.90 Å². The molecule has 1 aliphatic heterocycles. The number of hydrogen-bond donors (Lipinski definition) is 1. The maximum atomic E-state index is 13.1. The van der Waals surface area contributed by atoms with Crippen LogP contribution in [0.25, 0.3) is 0 Å². The first kappa shape index (κ1) is 22.6. The van der Waals surface area contributed by atoms with Gasteiger partial charge < -0.3 is 15.0 Å². The van der Waals surface area contributed by atoms with Crippen LogP contribution >= 0.6 is 23.2 Å². The molecular weight excluding hydrogens is 423 g/mol. The molecule has 1 unspecified atom stereocenters. The first-order valence-electron chi connectivity index (χ1n) is 10.0. The number of nitrogens with one attached hydrogen (secondary N) is 1. The highest BCUT2D eigenvalue weighted by molar-refractivity contribution is 6.36. The van der Waals surface area contributed by atoms with E-state index >= 15 is 0 Å². The summed E-state index contributed by atoms with van der Waals surface area (Å²) in [7, 11) is 0. The predicted octanol–water partition coefficient (Wildman–Crippen LogP) is 4.80. The predicted molar refractivity (Wildman–Crippen MR) is 120 cm³/mol. The van der Waals surface area contributed by atoms with E-state index in [4.69, 9.17) is 27.9 Å². The van der Waals surface area contributed by atoms with Crippen molar-refractivity contribution in [2.45, 2.75) is 39.2 Å². The van der Waals surface area contributed by atoms with Crippen LogP contribution in [0.1, 0.15) is 29.5 Å². The largest absolute Gasteiger partial charge is 0.376 e. The number of carbonyl (C=O) groups is 2. The number of rotatable bonds is 7. The van der Waals surface area contributed by atoms with Crippen molar-refractivity contribution in [3.05, 3.63) is 63.1 Å². The summed E-state index contributed by atoms with van der Waals surface area (Å²) in [5, 5.41) is 3.80. The standard InChI is InChI=1S/C23H26Cl2N2O3/c1-15-6-3-10-21(16(15)2)26-22(28)14-27(13-17-7-5-11-30-17)23(29)12-18-19(24)8-4-9-20(18)25/h3-4,6,8-10,17H,5,7,11-14H2,1-2H3,(H,26,28). The van der Waals surface area contributed by atoms with Gasteiger partial charge in [0.15, 0.2) is 0 Å². The monoisotopic (exact) mass is 448 g/mol. The molecule has 7 heteroatoms. The number of amides is 2. The van der Waals surface area contributed by atoms with E-state index in [9.17, 15) is 9.59 Å². The fourth-order valence-corrected chi connectivity index (χ4v) is 4.03. The lowest BCUT2D eigenvalue weighted by Crippen LogP contribution is -2.43. The van der Waals surface area contributed by atoms with Crippen LogP contribution in [0.15, 0.2) is 36.4 Å². The van der Waals surface area contributed by atoms with E-state index in [1.54, 1.807) is 18.2 Å². The van der Waals surface area contributed by atoms with Gasteiger partial charge in [-0.15, -0.1) is 0 Å². The van der Waals surface area contributed by atoms with Crippen molar-refractivity contribution < 1.29 is 14.3 Å². The molecule has 3 rings (SSSR count). The van der Waals surface area contributed by atoms with E-state index < -0.39 is 0 Å². The van der Waals surface area contributed by atoms with Gasteiger partial charge in [0.1, 0.15) is 0 Å². The molecule has 30 heavy (non-hydrogen) atoms. The Morgan fingerprint density at radius 3 is 2.50 bits per heavy atom. The highest BCUT2D eigenvalue weighted by atomic mass is 35.5. The molecule has 0 radical (unpaired) electrons. The van der Waals surface area contributed by atoms with Crippen molar-refractivity contribution in [2.24, 2.45) is 0 Å². The molecule has 2 aromatic rings. The number of anilines is 1. The van der Waals surface area contributed by atoms with Crippen molar-refractivity contribution in [3.8, 4) is 0 Å². The average Bonchev–Trinajstić information content (AvgIpc) is 3.21. The zero-order valence-corrected chi connectivity index (χ0v) is 18.7. The first-order chi connectivity index (χ1) is 14.3. The molecule has 160 valence electrons. The van der Waals surface area contributed by atoms with Crippen LogP contribution < -0.4 is 5.32 Å². The summed E-state index contributed by atoms with van der Waals surface area (Å²) in [6.45, 7) is 4.93. The van der Waals surface area contributed by atoms with Crippen LogP contribution in [0.4, 0.5) is 5.69 Å². The van der Waals surface area contributed by atoms with Gasteiger partial charge in [0, 0.05) is 28.9 Å². The van der Waals surface area contributed by atoms with Crippen LogP contribution in [0.5, 0.6) is 0 Å². The molecule has 1 N–H and O–H groups in total. The smallest absolute Gasteiger partial charge is 0.244 e. The Morgan fingerprint density at radius 2 is 1.83 bits per heavy atom. The minimum Gasteiger partial charge on any atom is -0.376 e. The van der Waals surface area contributed by atoms with Crippen molar-refractivity contribution in [2.75, 3.05) is 25.0 Å². The maximum absolute atomic E-state index is 13.1. The summed E-state index contributed by atoms with van der Waals surface area (Å²) in [6, 6.07) is 10.9. The van der Waals surface area contributed by atoms with Crippen LogP contribution in [0.2, 0.25) is 10.0 Å². The minimum atomic E-state index is -0.250. The lowest BCUT2D eigenvalue weighted by molar-refractivity contribution is -0.135. The van der Waals surface area contributed by atoms with Crippen molar-refractivity contribution in [3.63, 3.8) is 0 Å². The fourth-order valence-electron chi connectivity index (χ4n) is 3.50. The van der Waals surface area contributed by atoms with E-state index in [1.807, 2.05) is 32.0 Å². The molecule has 0 aromatic heterocycles. The van der Waals surface area contributed by atoms with Gasteiger partial charge in [-0.3, -0.25) is 9.59 Å². The molecule has 2 aromatic carbocycles. The quantitative estimate of drug-likeness (QED) is 0.661. The second-order valence-electron chi connectivity index (χ2n) is 7.58. The first-order valence-corrected chi connectivity index (χ1v) is 10.8. The van der Waals surface area contributed by atoms with Gasteiger partial charge in [-0.25, -0.2) is 0 Å². The molecule has 0 saturated carbocycles. The average molecular weight is 449 g/mol. The van der Waals surface area contributed by atoms with Crippen LogP contribution in [0.3, 0.4) is 0 Å². The number of aryl methyl sites for hydroxylation is 1. The Bertz CT molecular complexity index is 906. The van der Waals surface area contributed by atoms with Gasteiger partial charge >= 0.3 is 0 Å². The third-order valence-corrected chi connectivity index (χ3v) is 6.11. The van der Waals surface area contributed by atoms with Gasteiger partial charge in [-0.2, -0.15) is 0 Å². The van der Waals surface area contributed by atoms with Gasteiger partial charge in [-0.1, -0.05) is 41.4 Å². The van der Waals surface area contributed by atoms with Gasteiger partial charge in [0.25, 0.3) is 0 Å². The summed E-state index contributed by atoms with van der Waals surface area (Å²) >= 11 is 12.5. The number of halogens is 2. The van der Waals surface area contributed by atoms with Gasteiger partial charge in [0.2, 0.25) is 11.8 Å². The molecule has 1 atom stereocenters. The second-order valence-corrected chi connectivity index (χ2v) is 8.40. The second kappa shape index (κ2) is 10.3. The normalized spacial score (nSPS) is 15.8. The molecule has 1 saturated heterocycles. The summed E-state index contributed by atoms with van der Waals surface area (Å²) in [5.41, 5.74) is 3.41. The van der Waals surface area contributed by atoms with Crippen LogP contribution in [-0.2, 0) is 20.7 Å². The highest BCUT2D eigenvalue weighted by Crippen LogP contribution is 2.25. The highest BCUT2D eigenvalue weighted by Gasteiger charge is 2.25. The summed E-state index contributed by atoms with van der Waals surface area (Å²) in [4.78, 5) is 27.4. The third-order valence-electron chi connectivity index (χ3n) is 5.40. The zero-order valence-electron chi connectivity index (χ0n) is 17.2. The van der Waals surface area contributed by atoms with Crippen LogP contribution in [-0.4, -0.2) is 42.5 Å².